The summed E-state index contributed by atoms with van der Waals surface area (Å²) in [6.07, 6.45) is 2.45. The van der Waals surface area contributed by atoms with Crippen LogP contribution in [0.2, 0.25) is 0 Å². The van der Waals surface area contributed by atoms with Crippen molar-refractivity contribution in [2.75, 3.05) is 12.0 Å². The molecule has 0 rings (SSSR count). The Bertz CT molecular complexity index is 159. The zero-order valence-corrected chi connectivity index (χ0v) is 8.03. The van der Waals surface area contributed by atoms with Gasteiger partial charge in [-0.3, -0.25) is 9.00 Å². The van der Waals surface area contributed by atoms with Gasteiger partial charge in [0.2, 0.25) is 5.91 Å². The molecule has 11 heavy (non-hydrogen) atoms. The average Bonchev–Trinajstić information content (AvgIpc) is 1.82. The molecule has 1 N–H and O–H groups in total. The van der Waals surface area contributed by atoms with Crippen LogP contribution in [0.4, 0.5) is 0 Å². The molecule has 0 saturated carbocycles. The van der Waals surface area contributed by atoms with Crippen LogP contribution in [0.5, 0.6) is 0 Å². The maximum absolute atomic E-state index is 10.6. The first-order chi connectivity index (χ1) is 5.02. The van der Waals surface area contributed by atoms with Crippen LogP contribution in [0.25, 0.3) is 0 Å². The maximum Gasteiger partial charge on any atom is 0.217 e. The summed E-state index contributed by atoms with van der Waals surface area (Å²) in [7, 11) is -0.752. The fourth-order valence-corrected chi connectivity index (χ4v) is 1.45. The van der Waals surface area contributed by atoms with Crippen molar-refractivity contribution in [2.24, 2.45) is 0 Å². The second-order valence-electron chi connectivity index (χ2n) is 2.67. The zero-order valence-electron chi connectivity index (χ0n) is 7.22. The van der Waals surface area contributed by atoms with Crippen molar-refractivity contribution in [3.8, 4) is 0 Å². The molecule has 0 radical (unpaired) electrons. The molecule has 66 valence electrons. The molecule has 0 aromatic carbocycles. The quantitative estimate of drug-likeness (QED) is 0.670. The van der Waals surface area contributed by atoms with Gasteiger partial charge in [-0.2, -0.15) is 0 Å². The first kappa shape index (κ1) is 10.6. The van der Waals surface area contributed by atoms with E-state index in [9.17, 15) is 9.00 Å². The summed E-state index contributed by atoms with van der Waals surface area (Å²) in [5.74, 6) is 0.626. The Labute approximate surface area is 70.0 Å². The molecule has 0 spiro atoms. The Morgan fingerprint density at radius 3 is 2.55 bits per heavy atom. The van der Waals surface area contributed by atoms with Crippen molar-refractivity contribution in [3.05, 3.63) is 0 Å². The van der Waals surface area contributed by atoms with E-state index >= 15 is 0 Å². The van der Waals surface area contributed by atoms with E-state index < -0.39 is 10.8 Å². The normalized spacial score (nSPS) is 15.5. The molecule has 0 aliphatic rings. The first-order valence-corrected chi connectivity index (χ1v) is 5.32. The third-order valence-corrected chi connectivity index (χ3v) is 2.10. The highest BCUT2D eigenvalue weighted by molar-refractivity contribution is 7.84. The average molecular weight is 177 g/mol. The molecule has 0 aliphatic heterocycles. The molecular weight excluding hydrogens is 162 g/mol. The fourth-order valence-electron chi connectivity index (χ4n) is 0.762. The summed E-state index contributed by atoms with van der Waals surface area (Å²) in [4.78, 5) is 10.5. The van der Waals surface area contributed by atoms with Crippen LogP contribution >= 0.6 is 0 Å². The van der Waals surface area contributed by atoms with Gasteiger partial charge < -0.3 is 5.32 Å². The first-order valence-electron chi connectivity index (χ1n) is 3.59. The van der Waals surface area contributed by atoms with Crippen LogP contribution in [0.1, 0.15) is 20.3 Å². The Hall–Kier alpha value is -0.380. The second-order valence-corrected chi connectivity index (χ2v) is 4.22. The number of carbonyl (C=O) groups excluding carboxylic acids is 1. The molecular formula is C7H15NO2S. The van der Waals surface area contributed by atoms with E-state index in [0.717, 1.165) is 6.42 Å². The Kier molecular flexibility index (Phi) is 5.11. The summed E-state index contributed by atoms with van der Waals surface area (Å²) in [5.41, 5.74) is 0. The SMILES string of the molecule is CC(=O)NC(C)CCS(C)=O. The van der Waals surface area contributed by atoms with Gasteiger partial charge in [-0.1, -0.05) is 0 Å². The minimum Gasteiger partial charge on any atom is -0.354 e. The number of hydrogen-bond donors (Lipinski definition) is 1. The minimum absolute atomic E-state index is 0.0283. The number of rotatable bonds is 4. The molecule has 2 unspecified atom stereocenters. The van der Waals surface area contributed by atoms with Gasteiger partial charge in [-0.25, -0.2) is 0 Å². The van der Waals surface area contributed by atoms with Crippen molar-refractivity contribution < 1.29 is 9.00 Å². The predicted octanol–water partition coefficient (Wildman–Crippen LogP) is 0.280. The molecule has 3 nitrogen and oxygen atoms in total. The predicted molar refractivity (Wildman–Crippen MR) is 46.8 cm³/mol. The van der Waals surface area contributed by atoms with Crippen LogP contribution in [0, 0.1) is 0 Å². The topological polar surface area (TPSA) is 46.2 Å². The number of carbonyl (C=O) groups is 1. The van der Waals surface area contributed by atoms with E-state index in [1.54, 1.807) is 6.26 Å². The molecule has 4 heteroatoms. The van der Waals surface area contributed by atoms with Crippen LogP contribution in [0.15, 0.2) is 0 Å². The number of hydrogen-bond acceptors (Lipinski definition) is 2. The molecule has 0 aromatic heterocycles. The number of nitrogens with one attached hydrogen (secondary N) is 1. The molecule has 0 aliphatic carbocycles. The molecule has 0 bridgehead atoms. The van der Waals surface area contributed by atoms with Crippen LogP contribution in [0.3, 0.4) is 0 Å². The highest BCUT2D eigenvalue weighted by atomic mass is 32.2. The highest BCUT2D eigenvalue weighted by Crippen LogP contribution is 1.91. The summed E-state index contributed by atoms with van der Waals surface area (Å²) in [5, 5.41) is 2.72. The van der Waals surface area contributed by atoms with E-state index in [1.165, 1.54) is 6.92 Å². The molecule has 2 atom stereocenters. The third kappa shape index (κ3) is 7.52. The van der Waals surface area contributed by atoms with Gasteiger partial charge in [-0.05, 0) is 13.3 Å². The summed E-state index contributed by atoms with van der Waals surface area (Å²) in [6.45, 7) is 3.40. The molecule has 0 fully saturated rings. The monoisotopic (exact) mass is 177 g/mol. The van der Waals surface area contributed by atoms with E-state index in [4.69, 9.17) is 0 Å². The van der Waals surface area contributed by atoms with Crippen LogP contribution < -0.4 is 5.32 Å². The van der Waals surface area contributed by atoms with Gasteiger partial charge in [-0.15, -0.1) is 0 Å². The second kappa shape index (κ2) is 5.29. The van der Waals surface area contributed by atoms with Crippen molar-refractivity contribution >= 4 is 16.7 Å². The third-order valence-electron chi connectivity index (χ3n) is 1.29. The largest absolute Gasteiger partial charge is 0.354 e. The van der Waals surface area contributed by atoms with E-state index in [0.29, 0.717) is 5.75 Å². The minimum atomic E-state index is -0.752. The maximum atomic E-state index is 10.6. The van der Waals surface area contributed by atoms with Crippen molar-refractivity contribution in [1.82, 2.24) is 5.32 Å². The van der Waals surface area contributed by atoms with Gasteiger partial charge in [0, 0.05) is 35.8 Å². The standard InChI is InChI=1S/C7H15NO2S/c1-6(8-7(2)9)4-5-11(3)10/h6H,4-5H2,1-3H3,(H,8,9). The molecule has 0 heterocycles. The summed E-state index contributed by atoms with van der Waals surface area (Å²) in [6, 6.07) is 0.136. The fraction of sp³-hybridized carbons (Fsp3) is 0.857. The Morgan fingerprint density at radius 2 is 2.18 bits per heavy atom. The molecule has 0 saturated heterocycles. The number of amides is 1. The Balaban J connectivity index is 3.44. The van der Waals surface area contributed by atoms with E-state index in [1.807, 2.05) is 6.92 Å². The van der Waals surface area contributed by atoms with Gasteiger partial charge in [0.25, 0.3) is 0 Å². The molecule has 1 amide bonds. The van der Waals surface area contributed by atoms with Gasteiger partial charge in [0.1, 0.15) is 0 Å². The lowest BCUT2D eigenvalue weighted by molar-refractivity contribution is -0.119. The van der Waals surface area contributed by atoms with Gasteiger partial charge >= 0.3 is 0 Å². The molecule has 0 aromatic rings. The van der Waals surface area contributed by atoms with E-state index in [-0.39, 0.29) is 11.9 Å². The van der Waals surface area contributed by atoms with Crippen LogP contribution in [-0.4, -0.2) is 28.2 Å². The van der Waals surface area contributed by atoms with Crippen molar-refractivity contribution in [2.45, 2.75) is 26.3 Å². The van der Waals surface area contributed by atoms with E-state index in [2.05, 4.69) is 5.32 Å². The zero-order chi connectivity index (χ0) is 8.85. The Morgan fingerprint density at radius 1 is 1.64 bits per heavy atom. The lowest BCUT2D eigenvalue weighted by Crippen LogP contribution is -2.31. The lowest BCUT2D eigenvalue weighted by atomic mass is 10.2. The summed E-state index contributed by atoms with van der Waals surface area (Å²) >= 11 is 0. The van der Waals surface area contributed by atoms with Crippen molar-refractivity contribution in [3.63, 3.8) is 0 Å². The van der Waals surface area contributed by atoms with Gasteiger partial charge in [0.05, 0.1) is 0 Å². The van der Waals surface area contributed by atoms with Crippen LogP contribution in [-0.2, 0) is 15.6 Å². The van der Waals surface area contributed by atoms with Crippen molar-refractivity contribution in [1.29, 1.82) is 0 Å². The highest BCUT2D eigenvalue weighted by Gasteiger charge is 2.03. The lowest BCUT2D eigenvalue weighted by Gasteiger charge is -2.10. The summed E-state index contributed by atoms with van der Waals surface area (Å²) < 4.78 is 10.6. The van der Waals surface area contributed by atoms with Gasteiger partial charge in [0.15, 0.2) is 0 Å². The smallest absolute Gasteiger partial charge is 0.217 e.